The lowest BCUT2D eigenvalue weighted by molar-refractivity contribution is -0.137. The summed E-state index contributed by atoms with van der Waals surface area (Å²) in [5.74, 6) is -1.34. The average molecular weight is 604 g/mol. The molecular formula is C28H25BrF3N3O4. The zero-order chi connectivity index (χ0) is 28.2. The molecule has 3 aromatic rings. The third-order valence-corrected chi connectivity index (χ3v) is 6.66. The fourth-order valence-corrected chi connectivity index (χ4v) is 4.45. The van der Waals surface area contributed by atoms with E-state index in [2.05, 4.69) is 26.6 Å². The SMILES string of the molecule is Cc1ccc(CNC(=O)[C@@H]2CC(=O)N(c3ccc(OCC(=O)Nc4ccc(Br)cc4C(F)(F)F)cc3)C2)cc1. The molecule has 1 aliphatic rings. The Labute approximate surface area is 231 Å². The highest BCUT2D eigenvalue weighted by Gasteiger charge is 2.35. The number of hydrogen-bond acceptors (Lipinski definition) is 4. The Bertz CT molecular complexity index is 1360. The van der Waals surface area contributed by atoms with Crippen molar-refractivity contribution in [3.05, 3.63) is 87.9 Å². The first kappa shape index (κ1) is 28.2. The van der Waals surface area contributed by atoms with Gasteiger partial charge in [0.25, 0.3) is 5.91 Å². The fourth-order valence-electron chi connectivity index (χ4n) is 4.09. The molecule has 1 saturated heterocycles. The summed E-state index contributed by atoms with van der Waals surface area (Å²) in [6, 6.07) is 17.6. The average Bonchev–Trinajstić information content (AvgIpc) is 3.29. The zero-order valence-corrected chi connectivity index (χ0v) is 22.4. The molecule has 0 spiro atoms. The number of benzene rings is 3. The number of halogens is 4. The van der Waals surface area contributed by atoms with E-state index in [9.17, 15) is 27.6 Å². The van der Waals surface area contributed by atoms with Gasteiger partial charge in [-0.15, -0.1) is 0 Å². The molecule has 2 N–H and O–H groups in total. The number of hydrogen-bond donors (Lipinski definition) is 2. The van der Waals surface area contributed by atoms with E-state index in [0.29, 0.717) is 18.0 Å². The van der Waals surface area contributed by atoms with Crippen LogP contribution in [0.2, 0.25) is 0 Å². The summed E-state index contributed by atoms with van der Waals surface area (Å²) < 4.78 is 45.4. The third-order valence-electron chi connectivity index (χ3n) is 6.16. The van der Waals surface area contributed by atoms with Crippen LogP contribution in [-0.2, 0) is 27.1 Å². The second kappa shape index (κ2) is 11.9. The van der Waals surface area contributed by atoms with Gasteiger partial charge >= 0.3 is 6.18 Å². The van der Waals surface area contributed by atoms with Gasteiger partial charge in [-0.25, -0.2) is 0 Å². The monoisotopic (exact) mass is 603 g/mol. The van der Waals surface area contributed by atoms with Gasteiger partial charge in [0.1, 0.15) is 5.75 Å². The molecule has 204 valence electrons. The normalized spacial score (nSPS) is 15.3. The topological polar surface area (TPSA) is 87.7 Å². The minimum atomic E-state index is -4.64. The van der Waals surface area contributed by atoms with Crippen molar-refractivity contribution < 1.29 is 32.3 Å². The quantitative estimate of drug-likeness (QED) is 0.358. The maximum absolute atomic E-state index is 13.3. The molecule has 3 aromatic carbocycles. The van der Waals surface area contributed by atoms with Crippen LogP contribution in [0.3, 0.4) is 0 Å². The molecule has 1 heterocycles. The van der Waals surface area contributed by atoms with Gasteiger partial charge in [0.15, 0.2) is 6.61 Å². The van der Waals surface area contributed by atoms with Gasteiger partial charge in [0.05, 0.1) is 17.2 Å². The number of rotatable bonds is 8. The summed E-state index contributed by atoms with van der Waals surface area (Å²) >= 11 is 3.00. The number of carbonyl (C=O) groups is 3. The van der Waals surface area contributed by atoms with Crippen molar-refractivity contribution in [3.8, 4) is 5.75 Å². The Morgan fingerprint density at radius 3 is 2.41 bits per heavy atom. The van der Waals surface area contributed by atoms with Crippen LogP contribution in [-0.4, -0.2) is 30.9 Å². The van der Waals surface area contributed by atoms with Crippen LogP contribution in [0, 0.1) is 12.8 Å². The first-order valence-corrected chi connectivity index (χ1v) is 12.8. The van der Waals surface area contributed by atoms with E-state index in [1.807, 2.05) is 31.2 Å². The van der Waals surface area contributed by atoms with E-state index in [1.165, 1.54) is 11.0 Å². The van der Waals surface area contributed by atoms with Crippen LogP contribution < -0.4 is 20.3 Å². The van der Waals surface area contributed by atoms with Gasteiger partial charge in [-0.05, 0) is 55.0 Å². The highest BCUT2D eigenvalue weighted by atomic mass is 79.9. The van der Waals surface area contributed by atoms with Crippen molar-refractivity contribution in [1.82, 2.24) is 5.32 Å². The van der Waals surface area contributed by atoms with Crippen molar-refractivity contribution in [2.75, 3.05) is 23.4 Å². The minimum Gasteiger partial charge on any atom is -0.484 e. The summed E-state index contributed by atoms with van der Waals surface area (Å²) in [5.41, 5.74) is 1.31. The number of amides is 3. The third kappa shape index (κ3) is 7.38. The van der Waals surface area contributed by atoms with Crippen LogP contribution in [0.25, 0.3) is 0 Å². The number of nitrogens with zero attached hydrogens (tertiary/aromatic N) is 1. The van der Waals surface area contributed by atoms with Crippen LogP contribution in [0.15, 0.2) is 71.2 Å². The second-order valence-electron chi connectivity index (χ2n) is 9.13. The van der Waals surface area contributed by atoms with Crippen molar-refractivity contribution >= 4 is 45.0 Å². The number of carbonyl (C=O) groups excluding carboxylic acids is 3. The second-order valence-corrected chi connectivity index (χ2v) is 10.0. The molecule has 0 bridgehead atoms. The summed E-state index contributed by atoms with van der Waals surface area (Å²) in [6.45, 7) is 2.08. The molecule has 39 heavy (non-hydrogen) atoms. The van der Waals surface area contributed by atoms with Crippen LogP contribution in [0.1, 0.15) is 23.1 Å². The van der Waals surface area contributed by atoms with Crippen LogP contribution >= 0.6 is 15.9 Å². The molecule has 4 rings (SSSR count). The highest BCUT2D eigenvalue weighted by Crippen LogP contribution is 2.36. The maximum atomic E-state index is 13.3. The van der Waals surface area contributed by atoms with Gasteiger partial charge < -0.3 is 20.3 Å². The lowest BCUT2D eigenvalue weighted by Crippen LogP contribution is -2.32. The molecule has 0 unspecified atom stereocenters. The molecule has 0 aromatic heterocycles. The number of alkyl halides is 3. The number of aryl methyl sites for hydroxylation is 1. The summed E-state index contributed by atoms with van der Waals surface area (Å²) in [7, 11) is 0. The lowest BCUT2D eigenvalue weighted by atomic mass is 10.1. The smallest absolute Gasteiger partial charge is 0.418 e. The first-order chi connectivity index (χ1) is 18.5. The van der Waals surface area contributed by atoms with Crippen molar-refractivity contribution in [3.63, 3.8) is 0 Å². The number of anilines is 2. The van der Waals surface area contributed by atoms with Gasteiger partial charge in [-0.3, -0.25) is 14.4 Å². The molecule has 1 atom stereocenters. The zero-order valence-electron chi connectivity index (χ0n) is 20.8. The minimum absolute atomic E-state index is 0.0914. The molecule has 11 heteroatoms. The predicted octanol–water partition coefficient (Wildman–Crippen LogP) is 5.46. The van der Waals surface area contributed by atoms with E-state index in [1.54, 1.807) is 24.3 Å². The first-order valence-electron chi connectivity index (χ1n) is 12.0. The maximum Gasteiger partial charge on any atom is 0.418 e. The Morgan fingerprint density at radius 2 is 1.74 bits per heavy atom. The van der Waals surface area contributed by atoms with E-state index >= 15 is 0 Å². The van der Waals surface area contributed by atoms with E-state index in [4.69, 9.17) is 4.74 Å². The lowest BCUT2D eigenvalue weighted by Gasteiger charge is -2.17. The standard InChI is InChI=1S/C28H25BrF3N3O4/c1-17-2-4-18(5-3-17)14-33-27(38)19-12-26(37)35(15-19)21-7-9-22(10-8-21)39-16-25(36)34-24-11-6-20(29)13-23(24)28(30,31)32/h2-11,13,19H,12,14-16H2,1H3,(H,33,38)(H,34,36)/t19-/m1/s1. The van der Waals surface area contributed by atoms with E-state index < -0.39 is 30.2 Å². The fraction of sp³-hybridized carbons (Fsp3) is 0.250. The molecule has 1 fully saturated rings. The van der Waals surface area contributed by atoms with Crippen LogP contribution in [0.5, 0.6) is 5.75 Å². The Morgan fingerprint density at radius 1 is 1.05 bits per heavy atom. The predicted molar refractivity (Wildman–Crippen MR) is 143 cm³/mol. The molecule has 0 saturated carbocycles. The van der Waals surface area contributed by atoms with Crippen molar-refractivity contribution in [2.45, 2.75) is 26.1 Å². The molecule has 0 aliphatic carbocycles. The molecule has 0 radical (unpaired) electrons. The summed E-state index contributed by atoms with van der Waals surface area (Å²) in [6.07, 6.45) is -4.55. The van der Waals surface area contributed by atoms with Crippen molar-refractivity contribution in [1.29, 1.82) is 0 Å². The number of nitrogens with one attached hydrogen (secondary N) is 2. The Balaban J connectivity index is 1.29. The van der Waals surface area contributed by atoms with E-state index in [-0.39, 0.29) is 34.9 Å². The molecule has 3 amide bonds. The molecular weight excluding hydrogens is 579 g/mol. The largest absolute Gasteiger partial charge is 0.484 e. The highest BCUT2D eigenvalue weighted by molar-refractivity contribution is 9.10. The summed E-state index contributed by atoms with van der Waals surface area (Å²) in [4.78, 5) is 38.9. The van der Waals surface area contributed by atoms with Gasteiger partial charge in [0, 0.05) is 29.7 Å². The van der Waals surface area contributed by atoms with Crippen molar-refractivity contribution in [2.24, 2.45) is 5.92 Å². The van der Waals surface area contributed by atoms with Gasteiger partial charge in [0.2, 0.25) is 11.8 Å². The number of ether oxygens (including phenoxy) is 1. The molecule has 7 nitrogen and oxygen atoms in total. The Kier molecular flexibility index (Phi) is 8.59. The van der Waals surface area contributed by atoms with Gasteiger partial charge in [-0.1, -0.05) is 45.8 Å². The van der Waals surface area contributed by atoms with E-state index in [0.717, 1.165) is 23.3 Å². The molecule has 1 aliphatic heterocycles. The van der Waals surface area contributed by atoms with Crippen LogP contribution in [0.4, 0.5) is 24.5 Å². The van der Waals surface area contributed by atoms with Gasteiger partial charge in [-0.2, -0.15) is 13.2 Å². The summed E-state index contributed by atoms with van der Waals surface area (Å²) in [5, 5.41) is 5.10. The Hall–Kier alpha value is -3.86.